The van der Waals surface area contributed by atoms with E-state index in [1.165, 1.54) is 0 Å². The zero-order valence-corrected chi connectivity index (χ0v) is 16.4. The van der Waals surface area contributed by atoms with E-state index in [9.17, 15) is 13.2 Å². The van der Waals surface area contributed by atoms with Crippen LogP contribution in [0.3, 0.4) is 0 Å². The van der Waals surface area contributed by atoms with Crippen LogP contribution in [-0.2, 0) is 16.4 Å². The van der Waals surface area contributed by atoms with E-state index in [1.807, 2.05) is 19.1 Å². The van der Waals surface area contributed by atoms with Gasteiger partial charge in [0.05, 0.1) is 4.90 Å². The van der Waals surface area contributed by atoms with Gasteiger partial charge in [0, 0.05) is 35.9 Å². The minimum absolute atomic E-state index is 0.244. The van der Waals surface area contributed by atoms with Gasteiger partial charge < -0.3 is 5.32 Å². The Morgan fingerprint density at radius 2 is 1.86 bits per heavy atom. The molecular weight excluding hydrogens is 374 g/mol. The third kappa shape index (κ3) is 5.22. The maximum Gasteiger partial charge on any atom is 0.240 e. The number of benzene rings is 2. The van der Waals surface area contributed by atoms with Gasteiger partial charge in [-0.05, 0) is 49.0 Å². The van der Waals surface area contributed by atoms with Crippen LogP contribution in [0.5, 0.6) is 0 Å². The van der Waals surface area contributed by atoms with Crippen LogP contribution >= 0.6 is 0 Å². The van der Waals surface area contributed by atoms with Crippen molar-refractivity contribution in [2.45, 2.75) is 24.3 Å². The van der Waals surface area contributed by atoms with Crippen molar-refractivity contribution in [2.75, 3.05) is 13.1 Å². The minimum atomic E-state index is -3.59. The van der Waals surface area contributed by atoms with Crippen LogP contribution in [0, 0.1) is 0 Å². The first-order valence-corrected chi connectivity index (χ1v) is 10.6. The van der Waals surface area contributed by atoms with Gasteiger partial charge in [0.1, 0.15) is 6.29 Å². The van der Waals surface area contributed by atoms with Crippen molar-refractivity contribution in [3.63, 3.8) is 0 Å². The summed E-state index contributed by atoms with van der Waals surface area (Å²) in [4.78, 5) is 14.9. The predicted octanol–water partition coefficient (Wildman–Crippen LogP) is 2.55. The van der Waals surface area contributed by atoms with E-state index in [2.05, 4.69) is 15.0 Å². The number of aromatic nitrogens is 1. The minimum Gasteiger partial charge on any atom is -0.315 e. The lowest BCUT2D eigenvalue weighted by Crippen LogP contribution is -2.40. The molecule has 3 rings (SSSR count). The predicted molar refractivity (Wildman–Crippen MR) is 110 cm³/mol. The number of hydrogen-bond donors (Lipinski definition) is 2. The average Bonchev–Trinajstić information content (AvgIpc) is 2.71. The Kier molecular flexibility index (Phi) is 6.51. The Balaban J connectivity index is 1.51. The van der Waals surface area contributed by atoms with Gasteiger partial charge in [-0.1, -0.05) is 30.3 Å². The van der Waals surface area contributed by atoms with Crippen LogP contribution in [0.2, 0.25) is 0 Å². The van der Waals surface area contributed by atoms with Crippen LogP contribution in [-0.4, -0.2) is 38.8 Å². The number of carbonyl (C=O) groups is 1. The molecular formula is C21H23N3O3S. The first-order chi connectivity index (χ1) is 13.5. The molecule has 7 heteroatoms. The Morgan fingerprint density at radius 3 is 2.61 bits per heavy atom. The summed E-state index contributed by atoms with van der Waals surface area (Å²) in [5.74, 6) is 0. The summed E-state index contributed by atoms with van der Waals surface area (Å²) in [6.45, 7) is 3.06. The fourth-order valence-corrected chi connectivity index (χ4v) is 4.20. The number of nitrogens with zero attached hydrogens (tertiary/aromatic N) is 1. The van der Waals surface area contributed by atoms with Crippen molar-refractivity contribution in [1.82, 2.24) is 15.0 Å². The SMILES string of the molecule is CC(CNCCc1ccc(C=O)cc1)NS(=O)(=O)c1ccc2cnccc2c1. The standard InChI is InChI=1S/C21H23N3O3S/c1-16(13-22-10-8-17-2-4-18(15-25)5-3-17)24-28(26,27)21-7-6-20-14-23-11-9-19(20)12-21/h2-7,9,11-12,14-16,22,24H,8,10,13H2,1H3. The highest BCUT2D eigenvalue weighted by atomic mass is 32.2. The van der Waals surface area contributed by atoms with Crippen molar-refractivity contribution in [1.29, 1.82) is 0 Å². The second kappa shape index (κ2) is 9.05. The lowest BCUT2D eigenvalue weighted by Gasteiger charge is -2.15. The van der Waals surface area contributed by atoms with Gasteiger partial charge in [-0.25, -0.2) is 13.1 Å². The molecule has 3 aromatic rings. The number of hydrogen-bond acceptors (Lipinski definition) is 5. The summed E-state index contributed by atoms with van der Waals surface area (Å²) in [6.07, 6.45) is 4.98. The normalized spacial score (nSPS) is 12.8. The molecule has 0 spiro atoms. The Bertz CT molecular complexity index is 1050. The molecule has 0 amide bonds. The maximum absolute atomic E-state index is 12.6. The van der Waals surface area contributed by atoms with Crippen LogP contribution in [0.4, 0.5) is 0 Å². The largest absolute Gasteiger partial charge is 0.315 e. The number of pyridine rings is 1. The summed E-state index contributed by atoms with van der Waals surface area (Å²) in [6, 6.07) is 14.0. The van der Waals surface area contributed by atoms with Gasteiger partial charge in [0.2, 0.25) is 10.0 Å². The number of fused-ring (bicyclic) bond motifs is 1. The summed E-state index contributed by atoms with van der Waals surface area (Å²) >= 11 is 0. The molecule has 146 valence electrons. The summed E-state index contributed by atoms with van der Waals surface area (Å²) in [5.41, 5.74) is 1.78. The Labute approximate surface area is 165 Å². The Hall–Kier alpha value is -2.61. The van der Waals surface area contributed by atoms with Crippen molar-refractivity contribution in [3.05, 3.63) is 72.1 Å². The van der Waals surface area contributed by atoms with Crippen molar-refractivity contribution < 1.29 is 13.2 Å². The maximum atomic E-state index is 12.6. The van der Waals surface area contributed by atoms with E-state index < -0.39 is 10.0 Å². The number of sulfonamides is 1. The average molecular weight is 398 g/mol. The fourth-order valence-electron chi connectivity index (χ4n) is 2.92. The molecule has 0 saturated carbocycles. The lowest BCUT2D eigenvalue weighted by molar-refractivity contribution is 0.112. The van der Waals surface area contributed by atoms with Crippen molar-refractivity contribution in [3.8, 4) is 0 Å². The van der Waals surface area contributed by atoms with Crippen LogP contribution in [0.1, 0.15) is 22.8 Å². The molecule has 6 nitrogen and oxygen atoms in total. The highest BCUT2D eigenvalue weighted by Crippen LogP contribution is 2.18. The number of carbonyl (C=O) groups excluding carboxylic acids is 1. The third-order valence-electron chi connectivity index (χ3n) is 4.44. The van der Waals surface area contributed by atoms with E-state index in [0.29, 0.717) is 12.1 Å². The molecule has 1 aromatic heterocycles. The zero-order chi connectivity index (χ0) is 20.0. The molecule has 2 N–H and O–H groups in total. The fraction of sp³-hybridized carbons (Fsp3) is 0.238. The zero-order valence-electron chi connectivity index (χ0n) is 15.6. The van der Waals surface area contributed by atoms with E-state index >= 15 is 0 Å². The molecule has 0 radical (unpaired) electrons. The molecule has 0 aliphatic carbocycles. The molecule has 1 unspecified atom stereocenters. The first kappa shape index (κ1) is 20.1. The van der Waals surface area contributed by atoms with Gasteiger partial charge in [-0.2, -0.15) is 0 Å². The van der Waals surface area contributed by atoms with Crippen molar-refractivity contribution in [2.24, 2.45) is 0 Å². The monoisotopic (exact) mass is 397 g/mol. The van der Waals surface area contributed by atoms with E-state index in [-0.39, 0.29) is 10.9 Å². The van der Waals surface area contributed by atoms with Gasteiger partial charge >= 0.3 is 0 Å². The van der Waals surface area contributed by atoms with E-state index in [4.69, 9.17) is 0 Å². The molecule has 1 heterocycles. The van der Waals surface area contributed by atoms with Gasteiger partial charge in [0.15, 0.2) is 0 Å². The van der Waals surface area contributed by atoms with Crippen molar-refractivity contribution >= 4 is 27.1 Å². The molecule has 0 saturated heterocycles. The van der Waals surface area contributed by atoms with Crippen LogP contribution in [0.15, 0.2) is 65.8 Å². The molecule has 0 fully saturated rings. The molecule has 0 aliphatic rings. The highest BCUT2D eigenvalue weighted by molar-refractivity contribution is 7.89. The molecule has 2 aromatic carbocycles. The molecule has 0 bridgehead atoms. The molecule has 0 aliphatic heterocycles. The van der Waals surface area contributed by atoms with Crippen LogP contribution < -0.4 is 10.0 Å². The second-order valence-corrected chi connectivity index (χ2v) is 8.43. The number of aldehydes is 1. The topological polar surface area (TPSA) is 88.2 Å². The van der Waals surface area contributed by atoms with Gasteiger partial charge in [-0.3, -0.25) is 9.78 Å². The molecule has 28 heavy (non-hydrogen) atoms. The van der Waals surface area contributed by atoms with Crippen LogP contribution in [0.25, 0.3) is 10.8 Å². The van der Waals surface area contributed by atoms with E-state index in [0.717, 1.165) is 35.6 Å². The lowest BCUT2D eigenvalue weighted by atomic mass is 10.1. The van der Waals surface area contributed by atoms with E-state index in [1.54, 1.807) is 48.8 Å². The van der Waals surface area contributed by atoms with Gasteiger partial charge in [0.25, 0.3) is 0 Å². The summed E-state index contributed by atoms with van der Waals surface area (Å²) < 4.78 is 27.9. The smallest absolute Gasteiger partial charge is 0.240 e. The summed E-state index contributed by atoms with van der Waals surface area (Å²) in [7, 11) is -3.59. The summed E-state index contributed by atoms with van der Waals surface area (Å²) in [5, 5.41) is 5.00. The van der Waals surface area contributed by atoms with Gasteiger partial charge in [-0.15, -0.1) is 0 Å². The highest BCUT2D eigenvalue weighted by Gasteiger charge is 2.17. The number of nitrogens with one attached hydrogen (secondary N) is 2. The quantitative estimate of drug-likeness (QED) is 0.428. The Morgan fingerprint density at radius 1 is 1.07 bits per heavy atom. The number of rotatable bonds is 9. The molecule has 1 atom stereocenters. The third-order valence-corrected chi connectivity index (χ3v) is 6.02. The second-order valence-electron chi connectivity index (χ2n) is 6.72. The first-order valence-electron chi connectivity index (χ1n) is 9.09.